The van der Waals surface area contributed by atoms with Crippen LogP contribution in [0.1, 0.15) is 46.0 Å². The van der Waals surface area contributed by atoms with Gasteiger partial charge in [-0.2, -0.15) is 0 Å². The lowest BCUT2D eigenvalue weighted by Crippen LogP contribution is -2.62. The number of hydrogen-bond donors (Lipinski definition) is 2. The second-order valence-corrected chi connectivity index (χ2v) is 8.37. The van der Waals surface area contributed by atoms with Crippen LogP contribution in [0, 0.1) is 11.3 Å². The summed E-state index contributed by atoms with van der Waals surface area (Å²) < 4.78 is 5.83. The molecule has 3 aliphatic rings. The van der Waals surface area contributed by atoms with Crippen molar-refractivity contribution in [3.63, 3.8) is 0 Å². The van der Waals surface area contributed by atoms with Crippen molar-refractivity contribution in [2.45, 2.75) is 64.3 Å². The Kier molecular flexibility index (Phi) is 6.20. The molecule has 0 bridgehead atoms. The largest absolute Gasteiger partial charge is 0.392 e. The summed E-state index contributed by atoms with van der Waals surface area (Å²) in [4.78, 5) is 4.79. The summed E-state index contributed by atoms with van der Waals surface area (Å²) in [5.74, 6) is 0.837. The van der Waals surface area contributed by atoms with E-state index in [1.807, 2.05) is 6.92 Å². The quantitative estimate of drug-likeness (QED) is 0.764. The summed E-state index contributed by atoms with van der Waals surface area (Å²) in [5.41, 5.74) is -0.0134. The molecule has 1 spiro atoms. The number of likely N-dealkylation sites (tertiary alicyclic amines) is 2. The third-order valence-corrected chi connectivity index (χ3v) is 6.71. The van der Waals surface area contributed by atoms with E-state index in [2.05, 4.69) is 16.7 Å². The first-order valence-electron chi connectivity index (χ1n) is 9.96. The number of piperidine rings is 2. The van der Waals surface area contributed by atoms with Crippen molar-refractivity contribution in [1.82, 2.24) is 9.80 Å². The first kappa shape index (κ1) is 18.6. The molecular formula is C19H36N2O3. The zero-order chi connectivity index (χ0) is 17.2. The maximum atomic E-state index is 10.5. The minimum Gasteiger partial charge on any atom is -0.392 e. The van der Waals surface area contributed by atoms with E-state index in [0.717, 1.165) is 71.1 Å². The monoisotopic (exact) mass is 340 g/mol. The van der Waals surface area contributed by atoms with Crippen LogP contribution in [0.3, 0.4) is 0 Å². The molecule has 0 aromatic carbocycles. The van der Waals surface area contributed by atoms with Crippen molar-refractivity contribution in [3.8, 4) is 0 Å². The van der Waals surface area contributed by atoms with Gasteiger partial charge >= 0.3 is 0 Å². The zero-order valence-corrected chi connectivity index (χ0v) is 15.5. The number of aliphatic hydroxyl groups is 2. The zero-order valence-electron chi connectivity index (χ0n) is 15.5. The molecule has 2 aliphatic heterocycles. The number of β-amino-alcohol motifs (C(OH)–C–C–N with tert-alkyl or cyclic N) is 1. The fourth-order valence-corrected chi connectivity index (χ4v) is 4.87. The fraction of sp³-hybridized carbons (Fsp3) is 1.00. The predicted octanol–water partition coefficient (Wildman–Crippen LogP) is 1.33. The van der Waals surface area contributed by atoms with Crippen molar-refractivity contribution in [3.05, 3.63) is 0 Å². The van der Waals surface area contributed by atoms with Crippen molar-refractivity contribution < 1.29 is 14.9 Å². The van der Waals surface area contributed by atoms with Crippen molar-refractivity contribution >= 4 is 0 Å². The Morgan fingerprint density at radius 3 is 2.21 bits per heavy atom. The van der Waals surface area contributed by atoms with Crippen LogP contribution in [0.2, 0.25) is 0 Å². The summed E-state index contributed by atoms with van der Waals surface area (Å²) in [6, 6.07) is 0. The first-order chi connectivity index (χ1) is 11.5. The highest BCUT2D eigenvalue weighted by Crippen LogP contribution is 2.50. The third kappa shape index (κ3) is 3.96. The van der Waals surface area contributed by atoms with Gasteiger partial charge in [0.1, 0.15) is 0 Å². The lowest BCUT2D eigenvalue weighted by molar-refractivity contribution is -0.210. The molecule has 5 nitrogen and oxygen atoms in total. The van der Waals surface area contributed by atoms with Crippen LogP contribution < -0.4 is 0 Å². The molecule has 140 valence electrons. The smallest absolute Gasteiger partial charge is 0.0793 e. The molecule has 3 atom stereocenters. The van der Waals surface area contributed by atoms with Gasteiger partial charge in [0.05, 0.1) is 18.3 Å². The van der Waals surface area contributed by atoms with E-state index in [1.165, 1.54) is 12.8 Å². The second-order valence-electron chi connectivity index (χ2n) is 8.37. The molecular weight excluding hydrogens is 304 g/mol. The maximum absolute atomic E-state index is 10.5. The molecule has 0 aromatic rings. The Hall–Kier alpha value is -0.200. The second kappa shape index (κ2) is 8.00. The van der Waals surface area contributed by atoms with Crippen LogP contribution in [-0.2, 0) is 4.74 Å². The molecule has 0 aromatic heterocycles. The highest BCUT2D eigenvalue weighted by molar-refractivity contribution is 5.06. The summed E-state index contributed by atoms with van der Waals surface area (Å²) in [6.07, 6.45) is 5.08. The summed E-state index contributed by atoms with van der Waals surface area (Å²) in [7, 11) is 0. The standard InChI is InChI=1S/C19H36N2O3/c1-3-24-18-12-17(23)19(18)6-10-21(11-7-19)14-16(22)13-20-8-4-15(2)5-9-20/h15-18,22-23H,3-14H2,1-2H3. The van der Waals surface area contributed by atoms with Gasteiger partial charge in [-0.15, -0.1) is 0 Å². The van der Waals surface area contributed by atoms with Gasteiger partial charge in [0.15, 0.2) is 0 Å². The van der Waals surface area contributed by atoms with Crippen LogP contribution in [0.15, 0.2) is 0 Å². The van der Waals surface area contributed by atoms with Gasteiger partial charge in [-0.05, 0) is 64.7 Å². The summed E-state index contributed by atoms with van der Waals surface area (Å²) in [5, 5.41) is 20.7. The molecule has 3 unspecified atom stereocenters. The molecule has 24 heavy (non-hydrogen) atoms. The number of hydrogen-bond acceptors (Lipinski definition) is 5. The summed E-state index contributed by atoms with van der Waals surface area (Å²) >= 11 is 0. The highest BCUT2D eigenvalue weighted by Gasteiger charge is 2.55. The Balaban J connectivity index is 1.40. The third-order valence-electron chi connectivity index (χ3n) is 6.71. The van der Waals surface area contributed by atoms with Crippen molar-refractivity contribution in [1.29, 1.82) is 0 Å². The van der Waals surface area contributed by atoms with E-state index < -0.39 is 0 Å². The number of rotatable bonds is 6. The van der Waals surface area contributed by atoms with Crippen LogP contribution in [-0.4, -0.2) is 84.2 Å². The average Bonchev–Trinajstić information content (AvgIpc) is 2.57. The molecule has 2 N–H and O–H groups in total. The van der Waals surface area contributed by atoms with Gasteiger partial charge in [-0.25, -0.2) is 0 Å². The van der Waals surface area contributed by atoms with Gasteiger partial charge in [-0.1, -0.05) is 6.92 Å². The number of aliphatic hydroxyl groups excluding tert-OH is 2. The van der Waals surface area contributed by atoms with Gasteiger partial charge in [0.2, 0.25) is 0 Å². The molecule has 0 radical (unpaired) electrons. The Bertz CT molecular complexity index is 388. The Labute approximate surface area is 147 Å². The van der Waals surface area contributed by atoms with Gasteiger partial charge in [0.25, 0.3) is 0 Å². The maximum Gasteiger partial charge on any atom is 0.0793 e. The average molecular weight is 341 g/mol. The Morgan fingerprint density at radius 2 is 1.67 bits per heavy atom. The SMILES string of the molecule is CCOC1CC(O)C12CCN(CC(O)CN1CCC(C)CC1)CC2. The Morgan fingerprint density at radius 1 is 1.08 bits per heavy atom. The fourth-order valence-electron chi connectivity index (χ4n) is 4.87. The molecule has 1 aliphatic carbocycles. The molecule has 3 rings (SSSR count). The summed E-state index contributed by atoms with van der Waals surface area (Å²) in [6.45, 7) is 10.8. The molecule has 0 amide bonds. The normalized spacial score (nSPS) is 33.5. The van der Waals surface area contributed by atoms with E-state index >= 15 is 0 Å². The van der Waals surface area contributed by atoms with Crippen LogP contribution >= 0.6 is 0 Å². The van der Waals surface area contributed by atoms with Crippen LogP contribution in [0.5, 0.6) is 0 Å². The van der Waals surface area contributed by atoms with Crippen LogP contribution in [0.25, 0.3) is 0 Å². The van der Waals surface area contributed by atoms with Crippen LogP contribution in [0.4, 0.5) is 0 Å². The molecule has 2 heterocycles. The number of nitrogens with zero attached hydrogens (tertiary/aromatic N) is 2. The number of ether oxygens (including phenoxy) is 1. The van der Waals surface area contributed by atoms with E-state index in [4.69, 9.17) is 4.74 Å². The van der Waals surface area contributed by atoms with E-state index in [9.17, 15) is 10.2 Å². The van der Waals surface area contributed by atoms with Gasteiger partial charge in [0, 0.05) is 31.5 Å². The van der Waals surface area contributed by atoms with Gasteiger partial charge < -0.3 is 24.7 Å². The van der Waals surface area contributed by atoms with Crippen molar-refractivity contribution in [2.24, 2.45) is 11.3 Å². The predicted molar refractivity (Wildman–Crippen MR) is 95.0 cm³/mol. The lowest BCUT2D eigenvalue weighted by Gasteiger charge is -2.56. The van der Waals surface area contributed by atoms with E-state index in [-0.39, 0.29) is 23.7 Å². The molecule has 1 saturated carbocycles. The minimum absolute atomic E-state index is 0.0134. The lowest BCUT2D eigenvalue weighted by atomic mass is 9.58. The van der Waals surface area contributed by atoms with E-state index in [0.29, 0.717) is 0 Å². The topological polar surface area (TPSA) is 56.2 Å². The highest BCUT2D eigenvalue weighted by atomic mass is 16.5. The first-order valence-corrected chi connectivity index (χ1v) is 9.96. The minimum atomic E-state index is -0.263. The molecule has 5 heteroatoms. The van der Waals surface area contributed by atoms with Gasteiger partial charge in [-0.3, -0.25) is 0 Å². The van der Waals surface area contributed by atoms with E-state index in [1.54, 1.807) is 0 Å². The van der Waals surface area contributed by atoms with Crippen molar-refractivity contribution in [2.75, 3.05) is 45.9 Å². The molecule has 3 fully saturated rings. The molecule has 2 saturated heterocycles.